The second kappa shape index (κ2) is 7.40. The Morgan fingerprint density at radius 3 is 2.07 bits per heavy atom. The first-order chi connectivity index (χ1) is 13.0. The number of methoxy groups -OCH3 is 2. The molecule has 0 N–H and O–H groups in total. The van der Waals surface area contributed by atoms with Gasteiger partial charge in [-0.15, -0.1) is 0 Å². The Balaban J connectivity index is 2.26. The van der Waals surface area contributed by atoms with E-state index >= 15 is 0 Å². The minimum absolute atomic E-state index is 0.285. The number of halogens is 1. The molecule has 0 spiro atoms. The Labute approximate surface area is 161 Å². The molecule has 0 aromatic heterocycles. The van der Waals surface area contributed by atoms with E-state index in [9.17, 15) is 14.4 Å². The number of hydrogen-bond donors (Lipinski definition) is 0. The van der Waals surface area contributed by atoms with E-state index in [0.717, 1.165) is 0 Å². The van der Waals surface area contributed by atoms with Crippen molar-refractivity contribution in [1.29, 1.82) is 0 Å². The maximum atomic E-state index is 13.0. The molecule has 1 aliphatic heterocycles. The van der Waals surface area contributed by atoms with Crippen LogP contribution in [0.4, 0.5) is 5.69 Å². The molecule has 6 nitrogen and oxygen atoms in total. The molecule has 1 heterocycles. The number of ether oxygens (including phenoxy) is 2. The molecule has 0 aliphatic carbocycles. The predicted molar refractivity (Wildman–Crippen MR) is 99.5 cm³/mol. The highest BCUT2D eigenvalue weighted by atomic mass is 35.5. The van der Waals surface area contributed by atoms with E-state index in [1.807, 2.05) is 6.07 Å². The van der Waals surface area contributed by atoms with Gasteiger partial charge in [0.05, 0.1) is 20.6 Å². The summed E-state index contributed by atoms with van der Waals surface area (Å²) in [6.07, 6.45) is -0.353. The highest BCUT2D eigenvalue weighted by Gasteiger charge is 2.63. The largest absolute Gasteiger partial charge is 0.467 e. The third-order valence-corrected chi connectivity index (χ3v) is 4.92. The van der Waals surface area contributed by atoms with Crippen molar-refractivity contribution in [3.63, 3.8) is 0 Å². The summed E-state index contributed by atoms with van der Waals surface area (Å²) in [5.41, 5.74) is -0.767. The molecule has 1 unspecified atom stereocenters. The van der Waals surface area contributed by atoms with Gasteiger partial charge in [0.25, 0.3) is 0 Å². The van der Waals surface area contributed by atoms with E-state index < -0.39 is 23.5 Å². The molecule has 0 saturated carbocycles. The van der Waals surface area contributed by atoms with E-state index in [-0.39, 0.29) is 12.2 Å². The molecule has 0 radical (unpaired) electrons. The third-order valence-electron chi connectivity index (χ3n) is 4.67. The summed E-state index contributed by atoms with van der Waals surface area (Å²) in [6.45, 7) is 0. The van der Waals surface area contributed by atoms with Crippen molar-refractivity contribution in [2.24, 2.45) is 0 Å². The summed E-state index contributed by atoms with van der Waals surface area (Å²) in [6, 6.07) is 14.7. The van der Waals surface area contributed by atoms with Crippen molar-refractivity contribution >= 4 is 35.0 Å². The van der Waals surface area contributed by atoms with E-state index in [4.69, 9.17) is 21.1 Å². The van der Waals surface area contributed by atoms with Gasteiger partial charge >= 0.3 is 11.9 Å². The molecule has 2 aromatic carbocycles. The average Bonchev–Trinajstić information content (AvgIpc) is 3.02. The van der Waals surface area contributed by atoms with Crippen LogP contribution in [-0.2, 0) is 23.9 Å². The monoisotopic (exact) mass is 387 g/mol. The van der Waals surface area contributed by atoms with Crippen molar-refractivity contribution in [2.45, 2.75) is 18.0 Å². The lowest BCUT2D eigenvalue weighted by molar-refractivity contribution is -0.161. The predicted octanol–water partition coefficient (Wildman–Crippen LogP) is 2.95. The first-order valence-electron chi connectivity index (χ1n) is 8.25. The second-order valence-electron chi connectivity index (χ2n) is 6.15. The van der Waals surface area contributed by atoms with Crippen LogP contribution < -0.4 is 4.90 Å². The summed E-state index contributed by atoms with van der Waals surface area (Å²) in [5.74, 6) is -1.99. The lowest BCUT2D eigenvalue weighted by Crippen LogP contribution is -2.58. The quantitative estimate of drug-likeness (QED) is 0.593. The maximum absolute atomic E-state index is 13.0. The van der Waals surface area contributed by atoms with Gasteiger partial charge in [0.1, 0.15) is 6.04 Å². The van der Waals surface area contributed by atoms with Crippen LogP contribution >= 0.6 is 11.6 Å². The van der Waals surface area contributed by atoms with Gasteiger partial charge in [-0.25, -0.2) is 9.59 Å². The Bertz CT molecular complexity index is 850. The molecule has 2 aromatic rings. The highest BCUT2D eigenvalue weighted by Crippen LogP contribution is 2.45. The van der Waals surface area contributed by atoms with Crippen LogP contribution in [0.25, 0.3) is 0 Å². The number of anilines is 1. The number of nitrogens with zero attached hydrogens (tertiary/aromatic N) is 1. The molecule has 1 atom stereocenters. The van der Waals surface area contributed by atoms with Crippen LogP contribution in [0.1, 0.15) is 18.0 Å². The summed E-state index contributed by atoms with van der Waals surface area (Å²) in [5, 5.41) is 0.488. The lowest BCUT2D eigenvalue weighted by Gasteiger charge is -2.37. The van der Waals surface area contributed by atoms with Crippen LogP contribution in [0.5, 0.6) is 0 Å². The second-order valence-corrected chi connectivity index (χ2v) is 6.58. The van der Waals surface area contributed by atoms with E-state index in [0.29, 0.717) is 16.3 Å². The molecular weight excluding hydrogens is 370 g/mol. The van der Waals surface area contributed by atoms with Gasteiger partial charge in [-0.05, 0) is 29.8 Å². The van der Waals surface area contributed by atoms with Gasteiger partial charge in [-0.3, -0.25) is 4.79 Å². The van der Waals surface area contributed by atoms with E-state index in [1.165, 1.54) is 19.1 Å². The molecular formula is C20H18ClNO5. The first kappa shape index (κ1) is 18.9. The van der Waals surface area contributed by atoms with Gasteiger partial charge in [0.15, 0.2) is 5.78 Å². The number of carbonyl (C=O) groups is 3. The van der Waals surface area contributed by atoms with Crippen molar-refractivity contribution in [3.05, 3.63) is 65.2 Å². The van der Waals surface area contributed by atoms with Crippen molar-refractivity contribution in [2.75, 3.05) is 19.1 Å². The molecule has 3 rings (SSSR count). The fourth-order valence-electron chi connectivity index (χ4n) is 3.50. The van der Waals surface area contributed by atoms with Crippen LogP contribution in [0.2, 0.25) is 5.02 Å². The average molecular weight is 388 g/mol. The van der Waals surface area contributed by atoms with Gasteiger partial charge in [0, 0.05) is 10.7 Å². The van der Waals surface area contributed by atoms with Crippen LogP contribution in [0.3, 0.4) is 0 Å². The lowest BCUT2D eigenvalue weighted by atomic mass is 9.95. The first-order valence-corrected chi connectivity index (χ1v) is 8.63. The Kier molecular flexibility index (Phi) is 5.19. The molecule has 7 heteroatoms. The van der Waals surface area contributed by atoms with Crippen LogP contribution in [0, 0.1) is 0 Å². The molecule has 1 fully saturated rings. The zero-order chi connectivity index (χ0) is 19.6. The smallest absolute Gasteiger partial charge is 0.344 e. The standard InChI is InChI=1S/C20H18ClNO5/c1-26-18(24)20(19(25)27-2)12-16(23)17(13-6-4-3-5-7-13)22(20)15-10-8-14(21)9-11-15/h3-11,17H,12H2,1-2H3. The zero-order valence-corrected chi connectivity index (χ0v) is 15.6. The molecule has 0 amide bonds. The molecule has 27 heavy (non-hydrogen) atoms. The number of Topliss-reactive ketones (excluding diaryl/α,β-unsaturated/α-hetero) is 1. The highest BCUT2D eigenvalue weighted by molar-refractivity contribution is 6.30. The Morgan fingerprint density at radius 2 is 1.56 bits per heavy atom. The number of carbonyl (C=O) groups excluding carboxylic acids is 3. The summed E-state index contributed by atoms with van der Waals surface area (Å²) in [4.78, 5) is 40.0. The molecule has 1 aliphatic rings. The Hall–Kier alpha value is -2.86. The normalized spacial score (nSPS) is 18.3. The van der Waals surface area contributed by atoms with Gasteiger partial charge in [-0.1, -0.05) is 41.9 Å². The number of benzene rings is 2. The van der Waals surface area contributed by atoms with Crippen molar-refractivity contribution in [1.82, 2.24) is 0 Å². The number of hydrogen-bond acceptors (Lipinski definition) is 6. The summed E-state index contributed by atoms with van der Waals surface area (Å²) in [7, 11) is 2.35. The fraction of sp³-hybridized carbons (Fsp3) is 0.250. The molecule has 140 valence electrons. The van der Waals surface area contributed by atoms with Gasteiger partial charge in [-0.2, -0.15) is 0 Å². The third kappa shape index (κ3) is 3.06. The van der Waals surface area contributed by atoms with Crippen LogP contribution in [-0.4, -0.2) is 37.5 Å². The zero-order valence-electron chi connectivity index (χ0n) is 14.8. The fourth-order valence-corrected chi connectivity index (χ4v) is 3.63. The Morgan fingerprint density at radius 1 is 1.00 bits per heavy atom. The number of esters is 2. The van der Waals surface area contributed by atoms with Crippen molar-refractivity contribution < 1.29 is 23.9 Å². The van der Waals surface area contributed by atoms with Crippen LogP contribution in [0.15, 0.2) is 54.6 Å². The number of rotatable bonds is 4. The van der Waals surface area contributed by atoms with E-state index in [1.54, 1.807) is 48.5 Å². The minimum Gasteiger partial charge on any atom is -0.467 e. The maximum Gasteiger partial charge on any atom is 0.344 e. The molecule has 0 bridgehead atoms. The van der Waals surface area contributed by atoms with Crippen molar-refractivity contribution in [3.8, 4) is 0 Å². The number of ketones is 1. The van der Waals surface area contributed by atoms with Gasteiger partial charge in [0.2, 0.25) is 5.54 Å². The van der Waals surface area contributed by atoms with E-state index in [2.05, 4.69) is 0 Å². The minimum atomic E-state index is -1.91. The van der Waals surface area contributed by atoms with Gasteiger partial charge < -0.3 is 14.4 Å². The SMILES string of the molecule is COC(=O)C1(C(=O)OC)CC(=O)C(c2ccccc2)N1c1ccc(Cl)cc1. The summed E-state index contributed by atoms with van der Waals surface area (Å²) >= 11 is 5.98. The summed E-state index contributed by atoms with van der Waals surface area (Å²) < 4.78 is 9.82. The topological polar surface area (TPSA) is 72.9 Å². The molecule has 1 saturated heterocycles.